The van der Waals surface area contributed by atoms with Crippen molar-refractivity contribution in [3.8, 4) is 0 Å². The third-order valence-electron chi connectivity index (χ3n) is 3.86. The van der Waals surface area contributed by atoms with Crippen LogP contribution in [0.3, 0.4) is 0 Å². The summed E-state index contributed by atoms with van der Waals surface area (Å²) in [6.07, 6.45) is 3.01. The summed E-state index contributed by atoms with van der Waals surface area (Å²) in [5.74, 6) is -0.359. The van der Waals surface area contributed by atoms with Gasteiger partial charge < -0.3 is 4.42 Å². The predicted octanol–water partition coefficient (Wildman–Crippen LogP) is 1.82. The maximum absolute atomic E-state index is 12.9. The first-order chi connectivity index (χ1) is 11.0. The van der Waals surface area contributed by atoms with Gasteiger partial charge in [-0.3, -0.25) is 4.84 Å². The average molecular weight is 340 g/mol. The Bertz CT molecular complexity index is 746. The van der Waals surface area contributed by atoms with Gasteiger partial charge in [-0.1, -0.05) is 12.1 Å². The number of hydrogen-bond donors (Lipinski definition) is 1. The molecule has 1 aromatic carbocycles. The van der Waals surface area contributed by atoms with E-state index in [2.05, 4.69) is 4.72 Å². The molecule has 1 N–H and O–H groups in total. The van der Waals surface area contributed by atoms with Crippen molar-refractivity contribution >= 4 is 10.0 Å². The zero-order valence-corrected chi connectivity index (χ0v) is 13.3. The van der Waals surface area contributed by atoms with E-state index in [1.807, 2.05) is 0 Å². The summed E-state index contributed by atoms with van der Waals surface area (Å²) in [6, 6.07) is 6.96. The van der Waals surface area contributed by atoms with Crippen LogP contribution < -0.4 is 4.72 Å². The molecule has 2 unspecified atom stereocenters. The van der Waals surface area contributed by atoms with E-state index in [9.17, 15) is 12.8 Å². The first-order valence-electron chi connectivity index (χ1n) is 7.08. The Hall–Kier alpha value is -1.74. The van der Waals surface area contributed by atoms with Crippen molar-refractivity contribution in [2.45, 2.75) is 17.8 Å². The molecule has 1 saturated heterocycles. The smallest absolute Gasteiger partial charge is 0.219 e. The molecule has 1 fully saturated rings. The highest BCUT2D eigenvalue weighted by Crippen LogP contribution is 2.33. The SMILES string of the molecule is CN1OCC(S(=O)(=O)NCc2ccc(F)cc2)C1c1ccoc1. The average Bonchev–Trinajstić information content (AvgIpc) is 3.16. The molecule has 0 saturated carbocycles. The van der Waals surface area contributed by atoms with Crippen molar-refractivity contribution in [3.05, 3.63) is 59.8 Å². The lowest BCUT2D eigenvalue weighted by atomic mass is 10.1. The molecule has 0 bridgehead atoms. The number of benzene rings is 1. The number of rotatable bonds is 5. The molecule has 2 heterocycles. The van der Waals surface area contributed by atoms with E-state index >= 15 is 0 Å². The second-order valence-electron chi connectivity index (χ2n) is 5.37. The first kappa shape index (κ1) is 16.1. The summed E-state index contributed by atoms with van der Waals surface area (Å²) >= 11 is 0. The predicted molar refractivity (Wildman–Crippen MR) is 81.1 cm³/mol. The van der Waals surface area contributed by atoms with E-state index in [4.69, 9.17) is 9.25 Å². The van der Waals surface area contributed by atoms with Crippen LogP contribution in [0.15, 0.2) is 47.3 Å². The molecule has 2 atom stereocenters. The van der Waals surface area contributed by atoms with Crippen molar-refractivity contribution in [2.24, 2.45) is 0 Å². The molecule has 8 heteroatoms. The molecule has 0 spiro atoms. The van der Waals surface area contributed by atoms with E-state index in [0.717, 1.165) is 5.56 Å². The molecular formula is C15H17FN2O4S. The van der Waals surface area contributed by atoms with Gasteiger partial charge in [0, 0.05) is 19.2 Å². The lowest BCUT2D eigenvalue weighted by molar-refractivity contribution is -0.110. The lowest BCUT2D eigenvalue weighted by Crippen LogP contribution is -2.38. The highest BCUT2D eigenvalue weighted by Gasteiger charge is 2.43. The number of sulfonamides is 1. The Labute approximate surface area is 133 Å². The molecule has 1 aliphatic heterocycles. The van der Waals surface area contributed by atoms with Crippen LogP contribution in [0.1, 0.15) is 17.2 Å². The molecule has 3 rings (SSSR count). The van der Waals surface area contributed by atoms with Gasteiger partial charge in [-0.25, -0.2) is 17.5 Å². The van der Waals surface area contributed by atoms with Gasteiger partial charge in [-0.2, -0.15) is 5.06 Å². The van der Waals surface area contributed by atoms with E-state index in [1.54, 1.807) is 25.2 Å². The number of nitrogens with one attached hydrogen (secondary N) is 1. The minimum absolute atomic E-state index is 0.0606. The van der Waals surface area contributed by atoms with E-state index in [0.29, 0.717) is 5.56 Å². The van der Waals surface area contributed by atoms with Crippen LogP contribution in [0, 0.1) is 5.82 Å². The van der Waals surface area contributed by atoms with Crippen LogP contribution in [-0.2, 0) is 21.4 Å². The number of furan rings is 1. The zero-order chi connectivity index (χ0) is 16.4. The van der Waals surface area contributed by atoms with Gasteiger partial charge in [-0.15, -0.1) is 0 Å². The number of hydrogen-bond acceptors (Lipinski definition) is 5. The van der Waals surface area contributed by atoms with E-state index in [-0.39, 0.29) is 19.0 Å². The normalized spacial score (nSPS) is 22.5. The fourth-order valence-corrected chi connectivity index (χ4v) is 4.11. The molecule has 6 nitrogen and oxygen atoms in total. The standard InChI is InChI=1S/C15H17FN2O4S/c1-18-15(12-6-7-21-9-12)14(10-22-18)23(19,20)17-8-11-2-4-13(16)5-3-11/h2-7,9,14-15,17H,8,10H2,1H3. The van der Waals surface area contributed by atoms with Crippen molar-refractivity contribution in [3.63, 3.8) is 0 Å². The maximum Gasteiger partial charge on any atom is 0.219 e. The quantitative estimate of drug-likeness (QED) is 0.899. The monoisotopic (exact) mass is 340 g/mol. The Balaban J connectivity index is 1.74. The lowest BCUT2D eigenvalue weighted by Gasteiger charge is -2.21. The number of hydroxylamine groups is 2. The summed E-state index contributed by atoms with van der Waals surface area (Å²) in [6.45, 7) is 0.159. The van der Waals surface area contributed by atoms with E-state index in [1.165, 1.54) is 29.7 Å². The molecule has 1 aliphatic rings. The van der Waals surface area contributed by atoms with Gasteiger partial charge in [0.25, 0.3) is 0 Å². The largest absolute Gasteiger partial charge is 0.472 e. The van der Waals surface area contributed by atoms with Crippen LogP contribution in [0.25, 0.3) is 0 Å². The van der Waals surface area contributed by atoms with Crippen LogP contribution in [0.4, 0.5) is 4.39 Å². The van der Waals surface area contributed by atoms with Crippen molar-refractivity contribution < 1.29 is 22.1 Å². The Morgan fingerprint density at radius 2 is 2.04 bits per heavy atom. The number of nitrogens with zero attached hydrogens (tertiary/aromatic N) is 1. The van der Waals surface area contributed by atoms with Crippen LogP contribution in [0.5, 0.6) is 0 Å². The minimum Gasteiger partial charge on any atom is -0.472 e. The van der Waals surface area contributed by atoms with Gasteiger partial charge >= 0.3 is 0 Å². The Morgan fingerprint density at radius 3 is 2.70 bits per heavy atom. The van der Waals surface area contributed by atoms with Crippen molar-refractivity contribution in [1.29, 1.82) is 0 Å². The summed E-state index contributed by atoms with van der Waals surface area (Å²) in [4.78, 5) is 5.38. The van der Waals surface area contributed by atoms with Crippen molar-refractivity contribution in [2.75, 3.05) is 13.7 Å². The second-order valence-corrected chi connectivity index (χ2v) is 7.36. The Morgan fingerprint density at radius 1 is 1.30 bits per heavy atom. The second kappa shape index (κ2) is 6.40. The van der Waals surface area contributed by atoms with Crippen molar-refractivity contribution in [1.82, 2.24) is 9.79 Å². The van der Waals surface area contributed by atoms with Crippen LogP contribution in [0.2, 0.25) is 0 Å². The maximum atomic E-state index is 12.9. The summed E-state index contributed by atoms with van der Waals surface area (Å²) < 4.78 is 45.7. The third-order valence-corrected chi connectivity index (χ3v) is 5.60. The molecule has 1 aromatic heterocycles. The summed E-state index contributed by atoms with van der Waals surface area (Å²) in [5, 5.41) is 0.762. The molecule has 0 radical (unpaired) electrons. The minimum atomic E-state index is -3.63. The molecule has 124 valence electrons. The molecule has 0 aliphatic carbocycles. The third kappa shape index (κ3) is 3.45. The van der Waals surface area contributed by atoms with Gasteiger partial charge in [0.2, 0.25) is 10.0 Å². The molecular weight excluding hydrogens is 323 g/mol. The zero-order valence-electron chi connectivity index (χ0n) is 12.5. The first-order valence-corrected chi connectivity index (χ1v) is 8.63. The highest BCUT2D eigenvalue weighted by atomic mass is 32.2. The van der Waals surface area contributed by atoms with Crippen LogP contribution >= 0.6 is 0 Å². The van der Waals surface area contributed by atoms with Gasteiger partial charge in [-0.05, 0) is 23.8 Å². The van der Waals surface area contributed by atoms with Gasteiger partial charge in [0.15, 0.2) is 0 Å². The fourth-order valence-electron chi connectivity index (χ4n) is 2.62. The fraction of sp³-hybridized carbons (Fsp3) is 0.333. The summed E-state index contributed by atoms with van der Waals surface area (Å²) in [5.41, 5.74) is 1.42. The van der Waals surface area contributed by atoms with E-state index < -0.39 is 21.3 Å². The molecule has 0 amide bonds. The summed E-state index contributed by atoms with van der Waals surface area (Å²) in [7, 11) is -1.94. The van der Waals surface area contributed by atoms with Gasteiger partial charge in [0.05, 0.1) is 25.2 Å². The number of halogens is 1. The van der Waals surface area contributed by atoms with Gasteiger partial charge in [0.1, 0.15) is 11.1 Å². The van der Waals surface area contributed by atoms with Crippen LogP contribution in [-0.4, -0.2) is 32.4 Å². The molecule has 23 heavy (non-hydrogen) atoms. The Kier molecular flexibility index (Phi) is 4.49. The topological polar surface area (TPSA) is 71.8 Å². The molecule has 2 aromatic rings. The highest BCUT2D eigenvalue weighted by molar-refractivity contribution is 7.90.